The van der Waals surface area contributed by atoms with E-state index in [1.165, 1.54) is 24.3 Å². The monoisotopic (exact) mass is 447 g/mol. The minimum atomic E-state index is -4.18. The number of nitrogens with zero attached hydrogens (tertiary/aromatic N) is 5. The summed E-state index contributed by atoms with van der Waals surface area (Å²) in [7, 11) is 0. The van der Waals surface area contributed by atoms with E-state index in [1.54, 1.807) is 6.07 Å². The number of alkyl halides is 2. The fraction of sp³-hybridized carbons (Fsp3) is 0.143. The van der Waals surface area contributed by atoms with E-state index in [1.807, 2.05) is 0 Å². The Labute approximate surface area is 178 Å². The van der Waals surface area contributed by atoms with Crippen molar-refractivity contribution in [1.82, 2.24) is 25.2 Å². The quantitative estimate of drug-likeness (QED) is 0.455. The van der Waals surface area contributed by atoms with Gasteiger partial charge in [0, 0.05) is 23.4 Å². The first-order chi connectivity index (χ1) is 15.2. The zero-order valence-electron chi connectivity index (χ0n) is 16.1. The number of hydrogen-bond acceptors (Lipinski definition) is 5. The van der Waals surface area contributed by atoms with E-state index >= 15 is 8.78 Å². The van der Waals surface area contributed by atoms with Crippen molar-refractivity contribution in [2.75, 3.05) is 0 Å². The summed E-state index contributed by atoms with van der Waals surface area (Å²) >= 11 is 0. The van der Waals surface area contributed by atoms with Gasteiger partial charge in [0.2, 0.25) is 0 Å². The molecule has 1 atom stereocenters. The minimum Gasteiger partial charge on any atom is -0.377 e. The van der Waals surface area contributed by atoms with Gasteiger partial charge < -0.3 is 5.11 Å². The summed E-state index contributed by atoms with van der Waals surface area (Å²) < 4.78 is 72.6. The molecule has 4 aromatic rings. The summed E-state index contributed by atoms with van der Waals surface area (Å²) in [5, 5.41) is 21.5. The van der Waals surface area contributed by atoms with Gasteiger partial charge in [-0.05, 0) is 41.1 Å². The molecular formula is C21H14F5N5O. The first-order valence-corrected chi connectivity index (χ1v) is 9.20. The van der Waals surface area contributed by atoms with Gasteiger partial charge in [-0.15, -0.1) is 10.2 Å². The molecule has 4 rings (SSSR count). The second-order valence-corrected chi connectivity index (χ2v) is 6.97. The number of pyridine rings is 1. The fourth-order valence-electron chi connectivity index (χ4n) is 3.27. The number of aromatic nitrogens is 5. The smallest absolute Gasteiger partial charge is 0.323 e. The zero-order chi connectivity index (χ0) is 22.9. The molecule has 2 aromatic heterocycles. The van der Waals surface area contributed by atoms with Crippen molar-refractivity contribution in [3.8, 4) is 11.1 Å². The molecule has 0 radical (unpaired) electrons. The first-order valence-electron chi connectivity index (χ1n) is 9.20. The number of rotatable bonds is 6. The van der Waals surface area contributed by atoms with E-state index in [0.29, 0.717) is 22.0 Å². The van der Waals surface area contributed by atoms with E-state index in [-0.39, 0.29) is 0 Å². The molecule has 11 heteroatoms. The van der Waals surface area contributed by atoms with Crippen LogP contribution in [0, 0.1) is 17.5 Å². The standard InChI is InChI=1S/C21H14F5N5O/c22-15-3-1-2-13(8-15)14-4-7-19(27-10-14)21(25,26)20(32,11-31-29-12-28-30-31)17-6-5-16(23)9-18(17)24/h1-10,12,32H,11H2. The molecule has 0 fully saturated rings. The maximum absolute atomic E-state index is 15.6. The predicted octanol–water partition coefficient (Wildman–Crippen LogP) is 3.83. The van der Waals surface area contributed by atoms with Gasteiger partial charge in [-0.2, -0.15) is 13.6 Å². The molecule has 1 unspecified atom stereocenters. The predicted molar refractivity (Wildman–Crippen MR) is 102 cm³/mol. The van der Waals surface area contributed by atoms with Crippen LogP contribution in [0.1, 0.15) is 11.3 Å². The van der Waals surface area contributed by atoms with Crippen LogP contribution in [-0.4, -0.2) is 30.3 Å². The molecular weight excluding hydrogens is 433 g/mol. The molecule has 2 heterocycles. The summed E-state index contributed by atoms with van der Waals surface area (Å²) in [6, 6.07) is 9.50. The number of hydrogen-bond donors (Lipinski definition) is 1. The maximum atomic E-state index is 15.6. The average molecular weight is 447 g/mol. The van der Waals surface area contributed by atoms with Crippen LogP contribution in [0.5, 0.6) is 0 Å². The average Bonchev–Trinajstić information content (AvgIpc) is 3.26. The summed E-state index contributed by atoms with van der Waals surface area (Å²) in [6.45, 7) is -1.00. The number of aliphatic hydroxyl groups is 1. The van der Waals surface area contributed by atoms with Gasteiger partial charge >= 0.3 is 5.92 Å². The van der Waals surface area contributed by atoms with Crippen molar-refractivity contribution in [2.24, 2.45) is 0 Å². The van der Waals surface area contributed by atoms with E-state index in [9.17, 15) is 18.3 Å². The highest BCUT2D eigenvalue weighted by atomic mass is 19.3. The second-order valence-electron chi connectivity index (χ2n) is 6.97. The third kappa shape index (κ3) is 3.82. The highest BCUT2D eigenvalue weighted by Gasteiger charge is 2.58. The Bertz CT molecular complexity index is 1230. The third-order valence-electron chi connectivity index (χ3n) is 4.90. The van der Waals surface area contributed by atoms with Gasteiger partial charge in [0.1, 0.15) is 29.7 Å². The van der Waals surface area contributed by atoms with Gasteiger partial charge in [-0.1, -0.05) is 18.2 Å². The number of benzene rings is 2. The molecule has 0 saturated heterocycles. The maximum Gasteiger partial charge on any atom is 0.323 e. The lowest BCUT2D eigenvalue weighted by atomic mass is 9.84. The Morgan fingerprint density at radius 3 is 2.31 bits per heavy atom. The highest BCUT2D eigenvalue weighted by Crippen LogP contribution is 2.46. The number of halogens is 5. The molecule has 0 amide bonds. The Balaban J connectivity index is 1.79. The van der Waals surface area contributed by atoms with Crippen LogP contribution in [0.4, 0.5) is 22.0 Å². The van der Waals surface area contributed by atoms with Gasteiger partial charge in [0.15, 0.2) is 11.9 Å². The number of tetrazole rings is 1. The van der Waals surface area contributed by atoms with Crippen LogP contribution in [-0.2, 0) is 18.1 Å². The summed E-state index contributed by atoms with van der Waals surface area (Å²) in [5.74, 6) is -7.09. The normalized spacial score (nSPS) is 13.7. The molecule has 0 bridgehead atoms. The largest absolute Gasteiger partial charge is 0.377 e. The van der Waals surface area contributed by atoms with Gasteiger partial charge in [-0.3, -0.25) is 4.98 Å². The topological polar surface area (TPSA) is 76.7 Å². The lowest BCUT2D eigenvalue weighted by Gasteiger charge is -2.35. The minimum absolute atomic E-state index is 0.346. The van der Waals surface area contributed by atoms with Crippen LogP contribution in [0.25, 0.3) is 11.1 Å². The fourth-order valence-corrected chi connectivity index (χ4v) is 3.27. The lowest BCUT2D eigenvalue weighted by Crippen LogP contribution is -2.48. The molecule has 164 valence electrons. The third-order valence-corrected chi connectivity index (χ3v) is 4.90. The Morgan fingerprint density at radius 1 is 0.906 bits per heavy atom. The molecule has 0 saturated carbocycles. The van der Waals surface area contributed by atoms with Crippen molar-refractivity contribution in [1.29, 1.82) is 0 Å². The summed E-state index contributed by atoms with van der Waals surface area (Å²) in [5.41, 5.74) is -4.28. The van der Waals surface area contributed by atoms with Gasteiger partial charge in [0.05, 0.1) is 0 Å². The van der Waals surface area contributed by atoms with Gasteiger partial charge in [0.25, 0.3) is 0 Å². The van der Waals surface area contributed by atoms with E-state index in [4.69, 9.17) is 0 Å². The van der Waals surface area contributed by atoms with Crippen LogP contribution >= 0.6 is 0 Å². The van der Waals surface area contributed by atoms with Crippen molar-refractivity contribution in [2.45, 2.75) is 18.1 Å². The van der Waals surface area contributed by atoms with Crippen LogP contribution in [0.15, 0.2) is 67.1 Å². The molecule has 0 aliphatic carbocycles. The molecule has 0 aliphatic heterocycles. The molecule has 0 spiro atoms. The Morgan fingerprint density at radius 2 is 1.69 bits per heavy atom. The van der Waals surface area contributed by atoms with Gasteiger partial charge in [-0.25, -0.2) is 13.2 Å². The molecule has 32 heavy (non-hydrogen) atoms. The highest BCUT2D eigenvalue weighted by molar-refractivity contribution is 5.62. The van der Waals surface area contributed by atoms with Crippen LogP contribution < -0.4 is 0 Å². The van der Waals surface area contributed by atoms with Crippen molar-refractivity contribution in [3.63, 3.8) is 0 Å². The van der Waals surface area contributed by atoms with E-state index in [2.05, 4.69) is 20.4 Å². The van der Waals surface area contributed by atoms with Crippen LogP contribution in [0.2, 0.25) is 0 Å². The lowest BCUT2D eigenvalue weighted by molar-refractivity contribution is -0.209. The van der Waals surface area contributed by atoms with Crippen molar-refractivity contribution >= 4 is 0 Å². The van der Waals surface area contributed by atoms with E-state index < -0.39 is 46.8 Å². The summed E-state index contributed by atoms with van der Waals surface area (Å²) in [6.07, 6.45) is 2.03. The SMILES string of the molecule is OC(Cn1ncnn1)(c1ccc(F)cc1F)C(F)(F)c1ccc(-c2cccc(F)c2)cn1. The summed E-state index contributed by atoms with van der Waals surface area (Å²) in [4.78, 5) is 4.38. The molecule has 6 nitrogen and oxygen atoms in total. The van der Waals surface area contributed by atoms with Crippen molar-refractivity contribution in [3.05, 3.63) is 95.8 Å². The zero-order valence-corrected chi connectivity index (χ0v) is 16.1. The first kappa shape index (κ1) is 21.5. The molecule has 2 aromatic carbocycles. The Kier molecular flexibility index (Phi) is 5.43. The molecule has 1 N–H and O–H groups in total. The second kappa shape index (κ2) is 8.08. The Hall–Kier alpha value is -3.73. The van der Waals surface area contributed by atoms with E-state index in [0.717, 1.165) is 30.7 Å². The van der Waals surface area contributed by atoms with Crippen LogP contribution in [0.3, 0.4) is 0 Å². The van der Waals surface area contributed by atoms with Crippen molar-refractivity contribution < 1.29 is 27.1 Å². The molecule has 0 aliphatic rings.